The highest BCUT2D eigenvalue weighted by molar-refractivity contribution is 7.89. The number of nitrogens with zero attached hydrogens (tertiary/aromatic N) is 1. The third-order valence-corrected chi connectivity index (χ3v) is 6.58. The van der Waals surface area contributed by atoms with Crippen molar-refractivity contribution in [1.29, 1.82) is 0 Å². The molecule has 0 amide bonds. The molecule has 5 heteroatoms. The number of piperidine rings is 1. The Morgan fingerprint density at radius 3 is 2.20 bits per heavy atom. The minimum absolute atomic E-state index is 0.125. The molecule has 2 bridgehead atoms. The SMILES string of the molecule is Cc1ccc(S(=O)(=O)N(C)C2CC3CCC(C2)N3)cc1. The van der Waals surface area contributed by atoms with E-state index in [-0.39, 0.29) is 6.04 Å². The van der Waals surface area contributed by atoms with Crippen molar-refractivity contribution >= 4 is 10.0 Å². The molecule has 20 heavy (non-hydrogen) atoms. The van der Waals surface area contributed by atoms with E-state index in [1.807, 2.05) is 19.1 Å². The predicted molar refractivity (Wildman–Crippen MR) is 79.1 cm³/mol. The summed E-state index contributed by atoms with van der Waals surface area (Å²) in [4.78, 5) is 0.400. The van der Waals surface area contributed by atoms with Gasteiger partial charge in [-0.1, -0.05) is 17.7 Å². The van der Waals surface area contributed by atoms with Crippen molar-refractivity contribution in [3.05, 3.63) is 29.8 Å². The van der Waals surface area contributed by atoms with Gasteiger partial charge in [0.05, 0.1) is 4.90 Å². The molecule has 0 radical (unpaired) electrons. The Kier molecular flexibility index (Phi) is 3.60. The maximum absolute atomic E-state index is 12.7. The highest BCUT2D eigenvalue weighted by Crippen LogP contribution is 2.31. The van der Waals surface area contributed by atoms with E-state index in [1.54, 1.807) is 23.5 Å². The molecular weight excluding hydrogens is 272 g/mol. The number of nitrogens with one attached hydrogen (secondary N) is 1. The standard InChI is InChI=1S/C15H22N2O2S/c1-11-3-7-15(8-4-11)20(18,19)17(2)14-9-12-5-6-13(10-14)16-12/h3-4,7-8,12-14,16H,5-6,9-10H2,1-2H3. The van der Waals surface area contributed by atoms with Gasteiger partial charge in [0.1, 0.15) is 0 Å². The van der Waals surface area contributed by atoms with Crippen molar-refractivity contribution in [1.82, 2.24) is 9.62 Å². The molecule has 2 saturated heterocycles. The summed E-state index contributed by atoms with van der Waals surface area (Å²) in [6.45, 7) is 1.96. The molecule has 1 aromatic carbocycles. The molecular formula is C15H22N2O2S. The molecule has 2 unspecified atom stereocenters. The molecule has 1 aromatic rings. The van der Waals surface area contributed by atoms with E-state index in [2.05, 4.69) is 5.32 Å². The first kappa shape index (κ1) is 14.0. The van der Waals surface area contributed by atoms with Gasteiger partial charge in [0.25, 0.3) is 0 Å². The number of fused-ring (bicyclic) bond motifs is 2. The van der Waals surface area contributed by atoms with Crippen LogP contribution in [0.3, 0.4) is 0 Å². The lowest BCUT2D eigenvalue weighted by Crippen LogP contribution is -2.48. The summed E-state index contributed by atoms with van der Waals surface area (Å²) >= 11 is 0. The largest absolute Gasteiger partial charge is 0.311 e. The molecule has 4 nitrogen and oxygen atoms in total. The second-order valence-corrected chi connectivity index (χ2v) is 8.09. The fourth-order valence-electron chi connectivity index (χ4n) is 3.40. The van der Waals surface area contributed by atoms with Crippen molar-refractivity contribution in [3.63, 3.8) is 0 Å². The van der Waals surface area contributed by atoms with Crippen LogP contribution in [0.1, 0.15) is 31.2 Å². The van der Waals surface area contributed by atoms with Gasteiger partial charge in [-0.15, -0.1) is 0 Å². The van der Waals surface area contributed by atoms with Gasteiger partial charge >= 0.3 is 0 Å². The second-order valence-electron chi connectivity index (χ2n) is 6.10. The lowest BCUT2D eigenvalue weighted by Gasteiger charge is -2.34. The summed E-state index contributed by atoms with van der Waals surface area (Å²) in [7, 11) is -1.64. The molecule has 2 aliphatic rings. The Morgan fingerprint density at radius 2 is 1.65 bits per heavy atom. The summed E-state index contributed by atoms with van der Waals surface area (Å²) in [5.74, 6) is 0. The zero-order valence-electron chi connectivity index (χ0n) is 12.0. The Bertz CT molecular complexity index is 570. The predicted octanol–water partition coefficient (Wildman–Crippen LogP) is 1.90. The van der Waals surface area contributed by atoms with Crippen LogP contribution in [-0.4, -0.2) is 37.9 Å². The summed E-state index contributed by atoms with van der Waals surface area (Å²) in [6, 6.07) is 8.23. The fraction of sp³-hybridized carbons (Fsp3) is 0.600. The first-order valence-corrected chi connectivity index (χ1v) is 8.71. The summed E-state index contributed by atoms with van der Waals surface area (Å²) in [5.41, 5.74) is 1.08. The highest BCUT2D eigenvalue weighted by Gasteiger charge is 2.38. The lowest BCUT2D eigenvalue weighted by molar-refractivity contribution is 0.251. The lowest BCUT2D eigenvalue weighted by atomic mass is 10.0. The molecule has 110 valence electrons. The first-order valence-electron chi connectivity index (χ1n) is 7.27. The summed E-state index contributed by atoms with van der Waals surface area (Å²) < 4.78 is 27.0. The van der Waals surface area contributed by atoms with Crippen LogP contribution < -0.4 is 5.32 Å². The number of benzene rings is 1. The molecule has 2 fully saturated rings. The van der Waals surface area contributed by atoms with Gasteiger partial charge in [-0.3, -0.25) is 0 Å². The summed E-state index contributed by atoms with van der Waals surface area (Å²) in [5, 5.41) is 3.55. The molecule has 3 rings (SSSR count). The van der Waals surface area contributed by atoms with Crippen molar-refractivity contribution in [2.75, 3.05) is 7.05 Å². The number of sulfonamides is 1. The van der Waals surface area contributed by atoms with E-state index in [4.69, 9.17) is 0 Å². The van der Waals surface area contributed by atoms with Crippen LogP contribution in [0.4, 0.5) is 0 Å². The Hall–Kier alpha value is -0.910. The van der Waals surface area contributed by atoms with Crippen LogP contribution in [-0.2, 0) is 10.0 Å². The van der Waals surface area contributed by atoms with Gasteiger partial charge in [-0.05, 0) is 44.7 Å². The molecule has 0 aliphatic carbocycles. The second kappa shape index (κ2) is 5.13. The molecule has 0 aromatic heterocycles. The van der Waals surface area contributed by atoms with Crippen LogP contribution in [0.25, 0.3) is 0 Å². The average Bonchev–Trinajstić information content (AvgIpc) is 2.77. The van der Waals surface area contributed by atoms with Crippen LogP contribution >= 0.6 is 0 Å². The van der Waals surface area contributed by atoms with Gasteiger partial charge in [-0.25, -0.2) is 8.42 Å². The smallest absolute Gasteiger partial charge is 0.243 e. The average molecular weight is 294 g/mol. The van der Waals surface area contributed by atoms with Crippen LogP contribution in [0, 0.1) is 6.92 Å². The third-order valence-electron chi connectivity index (χ3n) is 4.66. The van der Waals surface area contributed by atoms with E-state index in [0.717, 1.165) is 18.4 Å². The van der Waals surface area contributed by atoms with Crippen molar-refractivity contribution < 1.29 is 8.42 Å². The van der Waals surface area contributed by atoms with Gasteiger partial charge in [-0.2, -0.15) is 4.31 Å². The Morgan fingerprint density at radius 1 is 1.10 bits per heavy atom. The van der Waals surface area contributed by atoms with Crippen molar-refractivity contribution in [2.45, 2.75) is 55.6 Å². The molecule has 0 spiro atoms. The van der Waals surface area contributed by atoms with E-state index < -0.39 is 10.0 Å². The minimum atomic E-state index is -3.37. The molecule has 1 N–H and O–H groups in total. The first-order chi connectivity index (χ1) is 9.46. The zero-order valence-corrected chi connectivity index (χ0v) is 12.9. The van der Waals surface area contributed by atoms with Crippen LogP contribution in [0.2, 0.25) is 0 Å². The van der Waals surface area contributed by atoms with Crippen molar-refractivity contribution in [2.24, 2.45) is 0 Å². The van der Waals surface area contributed by atoms with E-state index in [1.165, 1.54) is 12.8 Å². The Labute approximate surface area is 121 Å². The monoisotopic (exact) mass is 294 g/mol. The third kappa shape index (κ3) is 2.50. The number of hydrogen-bond donors (Lipinski definition) is 1. The highest BCUT2D eigenvalue weighted by atomic mass is 32.2. The molecule has 0 saturated carbocycles. The van der Waals surface area contributed by atoms with Gasteiger partial charge < -0.3 is 5.32 Å². The number of rotatable bonds is 3. The van der Waals surface area contributed by atoms with Crippen LogP contribution in [0.15, 0.2) is 29.2 Å². The number of hydrogen-bond acceptors (Lipinski definition) is 3. The topological polar surface area (TPSA) is 49.4 Å². The van der Waals surface area contributed by atoms with Gasteiger partial charge in [0, 0.05) is 25.2 Å². The van der Waals surface area contributed by atoms with E-state index >= 15 is 0 Å². The Balaban J connectivity index is 1.82. The van der Waals surface area contributed by atoms with E-state index in [9.17, 15) is 8.42 Å². The fourth-order valence-corrected chi connectivity index (χ4v) is 4.77. The molecule has 2 aliphatic heterocycles. The maximum Gasteiger partial charge on any atom is 0.243 e. The summed E-state index contributed by atoms with van der Waals surface area (Å²) in [6.07, 6.45) is 4.22. The minimum Gasteiger partial charge on any atom is -0.311 e. The normalized spacial score (nSPS) is 29.9. The maximum atomic E-state index is 12.7. The molecule has 2 heterocycles. The van der Waals surface area contributed by atoms with Crippen LogP contribution in [0.5, 0.6) is 0 Å². The van der Waals surface area contributed by atoms with Gasteiger partial charge in [0.2, 0.25) is 10.0 Å². The van der Waals surface area contributed by atoms with Gasteiger partial charge in [0.15, 0.2) is 0 Å². The zero-order chi connectivity index (χ0) is 14.3. The number of aryl methyl sites for hydroxylation is 1. The molecule has 2 atom stereocenters. The quantitative estimate of drug-likeness (QED) is 0.926. The van der Waals surface area contributed by atoms with E-state index in [0.29, 0.717) is 17.0 Å². The van der Waals surface area contributed by atoms with Crippen molar-refractivity contribution in [3.8, 4) is 0 Å².